The van der Waals surface area contributed by atoms with Crippen molar-refractivity contribution in [3.63, 3.8) is 0 Å². The van der Waals surface area contributed by atoms with E-state index in [1.54, 1.807) is 32.4 Å². The third-order valence-corrected chi connectivity index (χ3v) is 4.03. The van der Waals surface area contributed by atoms with Gasteiger partial charge in [0.25, 0.3) is 0 Å². The molecule has 1 aromatic heterocycles. The largest absolute Gasteiger partial charge is 0.490 e. The number of aromatic nitrogens is 2. The molecule has 0 fully saturated rings. The minimum atomic E-state index is 0.575. The number of hydrogen-bond acceptors (Lipinski definition) is 5. The van der Waals surface area contributed by atoms with E-state index in [0.717, 1.165) is 4.90 Å². The summed E-state index contributed by atoms with van der Waals surface area (Å²) in [4.78, 5) is 9.11. The number of anilines is 1. The Morgan fingerprint density at radius 3 is 2.74 bits per heavy atom. The molecule has 0 aliphatic heterocycles. The Bertz CT molecular complexity index is 595. The number of hydrogen-bond donors (Lipinski definition) is 1. The highest BCUT2D eigenvalue weighted by Crippen LogP contribution is 2.40. The fraction of sp³-hybridized carbons (Fsp3) is 0.167. The van der Waals surface area contributed by atoms with E-state index in [1.807, 2.05) is 0 Å². The van der Waals surface area contributed by atoms with Crippen LogP contribution in [0.5, 0.6) is 5.75 Å². The van der Waals surface area contributed by atoms with Crippen molar-refractivity contribution in [3.8, 4) is 5.75 Å². The van der Waals surface area contributed by atoms with E-state index in [2.05, 4.69) is 15.3 Å². The number of halogens is 2. The van der Waals surface area contributed by atoms with Gasteiger partial charge in [-0.15, -0.1) is 0 Å². The second-order valence-corrected chi connectivity index (χ2v) is 5.36. The molecule has 4 nitrogen and oxygen atoms in total. The second kappa shape index (κ2) is 6.32. The zero-order chi connectivity index (χ0) is 13.8. The smallest absolute Gasteiger partial charge is 0.194 e. The lowest BCUT2D eigenvalue weighted by molar-refractivity contribution is 0.400. The quantitative estimate of drug-likeness (QED) is 0.864. The summed E-state index contributed by atoms with van der Waals surface area (Å²) < 4.78 is 5.33. The molecule has 1 N–H and O–H groups in total. The van der Waals surface area contributed by atoms with Crippen LogP contribution in [0.3, 0.4) is 0 Å². The summed E-state index contributed by atoms with van der Waals surface area (Å²) >= 11 is 13.5. The molecule has 0 saturated carbocycles. The number of nitrogens with one attached hydrogen (secondary N) is 1. The maximum atomic E-state index is 6.14. The molecule has 0 radical (unpaired) electrons. The monoisotopic (exact) mass is 315 g/mol. The zero-order valence-electron chi connectivity index (χ0n) is 10.3. The van der Waals surface area contributed by atoms with Crippen LogP contribution in [0.2, 0.25) is 10.0 Å². The molecule has 19 heavy (non-hydrogen) atoms. The first-order valence-corrected chi connectivity index (χ1v) is 6.92. The fourth-order valence-corrected chi connectivity index (χ4v) is 2.85. The van der Waals surface area contributed by atoms with Crippen LogP contribution in [-0.2, 0) is 0 Å². The van der Waals surface area contributed by atoms with Crippen LogP contribution >= 0.6 is 35.0 Å². The lowest BCUT2D eigenvalue weighted by atomic mass is 10.4. The van der Waals surface area contributed by atoms with Gasteiger partial charge in [0.05, 0.1) is 12.1 Å². The van der Waals surface area contributed by atoms with Crippen LogP contribution in [0.4, 0.5) is 5.82 Å². The average Bonchev–Trinajstić information content (AvgIpc) is 2.42. The molecule has 0 aliphatic carbocycles. The third-order valence-electron chi connectivity index (χ3n) is 2.31. The summed E-state index contributed by atoms with van der Waals surface area (Å²) in [6.07, 6.45) is 1.47. The Kier molecular flexibility index (Phi) is 4.74. The average molecular weight is 316 g/mol. The van der Waals surface area contributed by atoms with E-state index in [1.165, 1.54) is 18.1 Å². The maximum Gasteiger partial charge on any atom is 0.194 e. The number of nitrogens with zero attached hydrogens (tertiary/aromatic N) is 2. The van der Waals surface area contributed by atoms with Gasteiger partial charge in [-0.1, -0.05) is 35.0 Å². The van der Waals surface area contributed by atoms with Gasteiger partial charge in [0.1, 0.15) is 11.4 Å². The van der Waals surface area contributed by atoms with Gasteiger partial charge in [-0.2, -0.15) is 0 Å². The van der Waals surface area contributed by atoms with Gasteiger partial charge < -0.3 is 10.1 Å². The molecule has 0 atom stereocenters. The molecular formula is C12H11Cl2N3OS. The normalized spacial score (nSPS) is 10.3. The van der Waals surface area contributed by atoms with Crippen molar-refractivity contribution in [1.29, 1.82) is 0 Å². The minimum Gasteiger partial charge on any atom is -0.490 e. The third kappa shape index (κ3) is 3.23. The van der Waals surface area contributed by atoms with Crippen molar-refractivity contribution in [2.45, 2.75) is 9.92 Å². The molecule has 0 aliphatic rings. The van der Waals surface area contributed by atoms with Gasteiger partial charge in [-0.25, -0.2) is 9.97 Å². The number of benzene rings is 1. The Morgan fingerprint density at radius 1 is 1.26 bits per heavy atom. The number of ether oxygens (including phenoxy) is 1. The molecule has 2 rings (SSSR count). The van der Waals surface area contributed by atoms with Crippen LogP contribution in [0.15, 0.2) is 34.4 Å². The Labute approximate surface area is 125 Å². The fourth-order valence-electron chi connectivity index (χ4n) is 1.45. The molecule has 7 heteroatoms. The van der Waals surface area contributed by atoms with E-state index >= 15 is 0 Å². The highest BCUT2D eigenvalue weighted by atomic mass is 35.5. The summed E-state index contributed by atoms with van der Waals surface area (Å²) in [5, 5.41) is 4.85. The van der Waals surface area contributed by atoms with Crippen molar-refractivity contribution < 1.29 is 4.74 Å². The predicted octanol–water partition coefficient (Wildman–Crippen LogP) is 3.98. The maximum absolute atomic E-state index is 6.14. The van der Waals surface area contributed by atoms with E-state index in [4.69, 9.17) is 27.9 Å². The van der Waals surface area contributed by atoms with Gasteiger partial charge in [0.2, 0.25) is 0 Å². The van der Waals surface area contributed by atoms with Gasteiger partial charge in [0.15, 0.2) is 11.6 Å². The summed E-state index contributed by atoms with van der Waals surface area (Å²) in [7, 11) is 3.34. The first kappa shape index (κ1) is 14.2. The summed E-state index contributed by atoms with van der Waals surface area (Å²) in [5.41, 5.74) is 0. The minimum absolute atomic E-state index is 0.575. The molecule has 1 heterocycles. The Balaban J connectivity index is 2.40. The first-order chi connectivity index (χ1) is 9.15. The van der Waals surface area contributed by atoms with E-state index in [0.29, 0.717) is 26.6 Å². The summed E-state index contributed by atoms with van der Waals surface area (Å²) in [5.74, 6) is 1.20. The van der Waals surface area contributed by atoms with Crippen LogP contribution < -0.4 is 10.1 Å². The highest BCUT2D eigenvalue weighted by Gasteiger charge is 2.14. The SMILES string of the molecule is CNc1ncnc(Sc2cc(Cl)ccc2Cl)c1OC. The van der Waals surface area contributed by atoms with E-state index < -0.39 is 0 Å². The van der Waals surface area contributed by atoms with Crippen molar-refractivity contribution >= 4 is 40.8 Å². The zero-order valence-corrected chi connectivity index (χ0v) is 12.6. The molecule has 0 bridgehead atoms. The standard InChI is InChI=1S/C12H11Cl2N3OS/c1-15-11-10(18-2)12(17-6-16-11)19-9-5-7(13)3-4-8(9)14/h3-6H,1-2H3,(H,15,16,17). The van der Waals surface area contributed by atoms with Crippen LogP contribution in [0, 0.1) is 0 Å². The molecular weight excluding hydrogens is 305 g/mol. The molecule has 100 valence electrons. The lowest BCUT2D eigenvalue weighted by Crippen LogP contribution is -1.99. The van der Waals surface area contributed by atoms with Crippen LogP contribution in [0.1, 0.15) is 0 Å². The molecule has 0 spiro atoms. The topological polar surface area (TPSA) is 47.0 Å². The highest BCUT2D eigenvalue weighted by molar-refractivity contribution is 7.99. The van der Waals surface area contributed by atoms with E-state index in [-0.39, 0.29) is 0 Å². The Morgan fingerprint density at radius 2 is 2.05 bits per heavy atom. The van der Waals surface area contributed by atoms with Crippen molar-refractivity contribution in [1.82, 2.24) is 9.97 Å². The molecule has 2 aromatic rings. The molecule has 1 aromatic carbocycles. The molecule has 0 saturated heterocycles. The molecule has 0 unspecified atom stereocenters. The van der Waals surface area contributed by atoms with Gasteiger partial charge in [-0.3, -0.25) is 0 Å². The van der Waals surface area contributed by atoms with Crippen molar-refractivity contribution in [2.75, 3.05) is 19.5 Å². The Hall–Kier alpha value is -1.17. The summed E-state index contributed by atoms with van der Waals surface area (Å²) in [6.45, 7) is 0. The van der Waals surface area contributed by atoms with Crippen LogP contribution in [0.25, 0.3) is 0 Å². The van der Waals surface area contributed by atoms with Gasteiger partial charge in [-0.05, 0) is 18.2 Å². The van der Waals surface area contributed by atoms with Crippen molar-refractivity contribution in [2.24, 2.45) is 0 Å². The van der Waals surface area contributed by atoms with E-state index in [9.17, 15) is 0 Å². The second-order valence-electron chi connectivity index (χ2n) is 3.49. The van der Waals surface area contributed by atoms with Crippen LogP contribution in [-0.4, -0.2) is 24.1 Å². The summed E-state index contributed by atoms with van der Waals surface area (Å²) in [6, 6.07) is 5.28. The van der Waals surface area contributed by atoms with Gasteiger partial charge in [0, 0.05) is 17.0 Å². The van der Waals surface area contributed by atoms with Crippen molar-refractivity contribution in [3.05, 3.63) is 34.6 Å². The predicted molar refractivity (Wildman–Crippen MR) is 78.7 cm³/mol. The number of methoxy groups -OCH3 is 1. The first-order valence-electron chi connectivity index (χ1n) is 5.35. The molecule has 0 amide bonds. The number of rotatable bonds is 4. The lowest BCUT2D eigenvalue weighted by Gasteiger charge is -2.11. The van der Waals surface area contributed by atoms with Gasteiger partial charge >= 0.3 is 0 Å².